The van der Waals surface area contributed by atoms with Crippen LogP contribution in [0.5, 0.6) is 5.75 Å². The molecule has 0 aliphatic carbocycles. The summed E-state index contributed by atoms with van der Waals surface area (Å²) in [5, 5.41) is 31.4. The molecule has 5 aromatic rings. The van der Waals surface area contributed by atoms with E-state index in [1.807, 2.05) is 5.32 Å². The number of alkyl halides is 8. The molecule has 2 aromatic heterocycles. The molecule has 5 heterocycles. The number of esters is 1. The number of ether oxygens (including phenoxy) is 4. The number of fused-ring (bicyclic) bond motifs is 2. The number of hydrazine groups is 1. The average molecular weight is 1640 g/mol. The molecule has 0 saturated carbocycles. The second kappa shape index (κ2) is 36.9. The van der Waals surface area contributed by atoms with Crippen molar-refractivity contribution in [2.45, 2.75) is 186 Å². The molecule has 8 rings (SSSR count). The number of aryl methyl sites for hydroxylation is 1. The van der Waals surface area contributed by atoms with Gasteiger partial charge < -0.3 is 59.9 Å². The van der Waals surface area contributed by atoms with Crippen molar-refractivity contribution in [3.05, 3.63) is 124 Å². The van der Waals surface area contributed by atoms with Crippen molar-refractivity contribution in [3.63, 3.8) is 0 Å². The van der Waals surface area contributed by atoms with Crippen molar-refractivity contribution < 1.29 is 130 Å². The third-order valence-corrected chi connectivity index (χ3v) is 20.3. The highest BCUT2D eigenvalue weighted by Crippen LogP contribution is 2.47. The highest BCUT2D eigenvalue weighted by atomic mass is 31.2. The summed E-state index contributed by atoms with van der Waals surface area (Å²) in [5.74, 6) is -6.13. The van der Waals surface area contributed by atoms with E-state index >= 15 is 44.7 Å². The van der Waals surface area contributed by atoms with Crippen molar-refractivity contribution in [2.24, 2.45) is 10.8 Å². The maximum Gasteiger partial charge on any atom is 0.524 e. The lowest BCUT2D eigenvalue weighted by atomic mass is 9.77. The van der Waals surface area contributed by atoms with Crippen LogP contribution in [0, 0.1) is 41.2 Å². The smallest absolute Gasteiger partial charge is 0.481 e. The molecule has 3 aliphatic heterocycles. The van der Waals surface area contributed by atoms with Gasteiger partial charge in [0.1, 0.15) is 35.6 Å². The zero-order valence-corrected chi connectivity index (χ0v) is 64.0. The van der Waals surface area contributed by atoms with Gasteiger partial charge in [-0.25, -0.2) is 42.6 Å². The van der Waals surface area contributed by atoms with E-state index in [1.54, 1.807) is 5.32 Å². The SMILES string of the molecule is COC(=O)N[C@H](C(=O)N[C@@H](Cc1ccc(C#Cc2cnc(N3CC4CCC(C3)N4C3COC3)nc2)cc1)[C@H](CN(Cc1c(F)cc(-c2ccn(C(F)F)n2)cc1F)NC(=O)[C@@H](NC(=O)OC)C(C)(C)C(F)(F)F)OC(=O)CC(C)(C)c1c(CC(=O)NC(CCC(=O)O)CCC(=O)O)cc(C)cc1OP(=O)(O)O)C(C)(C)C(F)(F)F. The van der Waals surface area contributed by atoms with Crippen molar-refractivity contribution in [1.82, 2.24) is 56.4 Å². The van der Waals surface area contributed by atoms with E-state index in [0.29, 0.717) is 108 Å². The van der Waals surface area contributed by atoms with Gasteiger partial charge in [-0.05, 0) is 120 Å². The van der Waals surface area contributed by atoms with E-state index in [4.69, 9.17) is 14.0 Å². The summed E-state index contributed by atoms with van der Waals surface area (Å²) in [6.45, 7) is 2.51. The van der Waals surface area contributed by atoms with Gasteiger partial charge in [-0.3, -0.25) is 48.9 Å². The first-order valence-corrected chi connectivity index (χ1v) is 37.0. The Balaban J connectivity index is 1.27. The number of piperazine rings is 1. The normalized spacial score (nSPS) is 16.7. The summed E-state index contributed by atoms with van der Waals surface area (Å²) >= 11 is 0. The van der Waals surface area contributed by atoms with Crippen molar-refractivity contribution in [1.29, 1.82) is 0 Å². The molecule has 622 valence electrons. The average Bonchev–Trinajstić information content (AvgIpc) is 1.24. The number of aliphatic carboxylic acids is 2. The predicted octanol–water partition coefficient (Wildman–Crippen LogP) is 8.47. The Morgan fingerprint density at radius 3 is 1.76 bits per heavy atom. The molecule has 2 unspecified atom stereocenters. The minimum absolute atomic E-state index is 0.0631. The number of aromatic nitrogens is 4. The van der Waals surface area contributed by atoms with E-state index < -0.39 is 200 Å². The topological polar surface area (TPSA) is 394 Å². The van der Waals surface area contributed by atoms with Gasteiger partial charge in [-0.15, -0.1) is 0 Å². The van der Waals surface area contributed by atoms with Gasteiger partial charge in [0.25, 0.3) is 5.91 Å². The first-order valence-electron chi connectivity index (χ1n) is 35.5. The number of benzene rings is 3. The Bertz CT molecular complexity index is 4380. The molecule has 0 spiro atoms. The number of carboxylic acids is 2. The Morgan fingerprint density at radius 1 is 0.728 bits per heavy atom. The summed E-state index contributed by atoms with van der Waals surface area (Å²) in [6.07, 6.45) is -14.9. The first kappa shape index (κ1) is 89.4. The number of carboxylic acid groups (broad SMARTS) is 2. The summed E-state index contributed by atoms with van der Waals surface area (Å²) in [7, 11) is -4.18. The number of amides is 5. The van der Waals surface area contributed by atoms with Crippen LogP contribution >= 0.6 is 7.82 Å². The van der Waals surface area contributed by atoms with Gasteiger partial charge in [0.2, 0.25) is 17.8 Å². The maximum absolute atomic E-state index is 16.9. The van der Waals surface area contributed by atoms with Crippen molar-refractivity contribution in [3.8, 4) is 28.8 Å². The number of rotatable bonds is 34. The van der Waals surface area contributed by atoms with Crippen molar-refractivity contribution in [2.75, 3.05) is 52.0 Å². The molecule has 5 amide bonds. The number of carbonyl (C=O) groups excluding carboxylic acids is 6. The lowest BCUT2D eigenvalue weighted by Gasteiger charge is -2.47. The minimum Gasteiger partial charge on any atom is -0.481 e. The second-order valence-electron chi connectivity index (χ2n) is 29.6. The minimum atomic E-state index is -5.64. The van der Waals surface area contributed by atoms with Crippen molar-refractivity contribution >= 4 is 61.6 Å². The number of nitrogens with zero attached hydrogens (tertiary/aromatic N) is 7. The largest absolute Gasteiger partial charge is 0.524 e. The van der Waals surface area contributed by atoms with Gasteiger partial charge in [0, 0.05) is 96.9 Å². The van der Waals surface area contributed by atoms with E-state index in [-0.39, 0.29) is 45.3 Å². The van der Waals surface area contributed by atoms with E-state index in [0.717, 1.165) is 38.3 Å². The molecule has 9 N–H and O–H groups in total. The fraction of sp³-hybridized carbons (Fsp3) is 0.521. The van der Waals surface area contributed by atoms with Crippen LogP contribution in [-0.4, -0.2) is 205 Å². The molecule has 3 aliphatic rings. The van der Waals surface area contributed by atoms with Crippen LogP contribution in [0.4, 0.5) is 59.4 Å². The van der Waals surface area contributed by atoms with Crippen LogP contribution in [0.15, 0.2) is 73.2 Å². The van der Waals surface area contributed by atoms with Crippen LogP contribution < -0.4 is 36.1 Å². The number of alkyl carbamates (subject to hydrolysis) is 2. The molecule has 3 fully saturated rings. The van der Waals surface area contributed by atoms with E-state index in [9.17, 15) is 62.1 Å². The quantitative estimate of drug-likeness (QED) is 0.00465. The van der Waals surface area contributed by atoms with E-state index in [2.05, 4.69) is 62.2 Å². The number of phosphoric ester groups is 1. The molecule has 6 atom stereocenters. The number of carbonyl (C=O) groups is 8. The Morgan fingerprint density at radius 2 is 1.27 bits per heavy atom. The van der Waals surface area contributed by atoms with Crippen LogP contribution in [0.1, 0.15) is 132 Å². The molecule has 41 heteroatoms. The van der Waals surface area contributed by atoms with Crippen LogP contribution in [0.3, 0.4) is 0 Å². The molecule has 3 aromatic carbocycles. The van der Waals surface area contributed by atoms with Crippen LogP contribution in [0.2, 0.25) is 0 Å². The van der Waals surface area contributed by atoms with E-state index in [1.165, 1.54) is 63.5 Å². The van der Waals surface area contributed by atoms with Crippen LogP contribution in [0.25, 0.3) is 11.3 Å². The van der Waals surface area contributed by atoms with Gasteiger partial charge in [0.15, 0.2) is 0 Å². The number of halogens is 10. The number of hydrogen-bond acceptors (Lipinski definition) is 20. The molecular weight excluding hydrogens is 1550 g/mol. The maximum atomic E-state index is 16.9. The number of nitrogens with one attached hydrogen (secondary N) is 5. The number of hydrogen-bond donors (Lipinski definition) is 9. The van der Waals surface area contributed by atoms with Gasteiger partial charge in [0.05, 0.1) is 81.0 Å². The predicted molar refractivity (Wildman–Crippen MR) is 382 cm³/mol. The molecule has 2 bridgehead atoms. The van der Waals surface area contributed by atoms with Gasteiger partial charge >= 0.3 is 56.8 Å². The number of anilines is 1. The van der Waals surface area contributed by atoms with Gasteiger partial charge in [-0.2, -0.15) is 40.2 Å². The molecule has 114 heavy (non-hydrogen) atoms. The molecule has 0 radical (unpaired) electrons. The highest BCUT2D eigenvalue weighted by Gasteiger charge is 2.58. The molecule has 30 nitrogen and oxygen atoms in total. The highest BCUT2D eigenvalue weighted by molar-refractivity contribution is 7.46. The second-order valence-corrected chi connectivity index (χ2v) is 30.7. The zero-order chi connectivity index (χ0) is 84.3. The molecular formula is C73H87F10N12O18P. The Labute approximate surface area is 646 Å². The lowest BCUT2D eigenvalue weighted by molar-refractivity contribution is -0.221. The lowest BCUT2D eigenvalue weighted by Crippen LogP contribution is -2.64. The summed E-state index contributed by atoms with van der Waals surface area (Å²) in [4.78, 5) is 143. The fourth-order valence-corrected chi connectivity index (χ4v) is 14.0. The number of methoxy groups -OCH3 is 2. The standard InChI is InChI=1S/C73H87F10N12O18P/c1-39-24-44(29-56(96)86-45(16-20-57(97)98)17-21-58(99)100)60(54(25-39)113-114(106,107)108)69(2,3)30-59(101)112-55(36-93(91-64(103)62(89-68(105)110-9)71(6,7)73(81,82)83)35-49-50(74)27-43(28-51(49)75)52-22-23-94(90-52)65(76)77)53(87-63(102)61(88-67(104)109-8)70(4,5)72(78,79)80)26-41-13-10-40(11-14-41)12-15-42-31-84-66(85-32-42)92-33-46-18-19-47(34-92)95(46)48-37-111-38-48/h10-11,13-14,22-25,27-28,31-32,45-48,53,55,61-62,65H,16-21,26,29-30,33-38H2,1-9H3,(H,86,96)(H,87,102)(H,88,104)(H,89,105)(H,91,103)(H,97,98)(H,99,100)(H2,106,107,108)/t46?,47?,53-,55-,61+,62+/m0/s1. The van der Waals surface area contributed by atoms with Gasteiger partial charge in [-0.1, -0.05) is 43.9 Å². The third-order valence-electron chi connectivity index (χ3n) is 19.8. The summed E-state index contributed by atoms with van der Waals surface area (Å²) in [5.41, 5.74) is -8.19. The number of phosphoric acid groups is 1. The fourth-order valence-electron chi connectivity index (χ4n) is 13.6. The summed E-state index contributed by atoms with van der Waals surface area (Å²) in [6, 6.07) is 2.32. The monoisotopic (exact) mass is 1640 g/mol. The zero-order valence-electron chi connectivity index (χ0n) is 63.1. The Hall–Kier alpha value is -10.2. The summed E-state index contributed by atoms with van der Waals surface area (Å²) < 4.78 is 192. The first-order chi connectivity index (χ1) is 53.2. The third kappa shape index (κ3) is 23.3. The molecule has 3 saturated heterocycles. The Kier molecular flexibility index (Phi) is 29.0. The van der Waals surface area contributed by atoms with Crippen LogP contribution in [-0.2, 0) is 77.1 Å².